The summed E-state index contributed by atoms with van der Waals surface area (Å²) in [5.41, 5.74) is -2.21. The fourth-order valence-corrected chi connectivity index (χ4v) is 5.82. The van der Waals surface area contributed by atoms with Crippen LogP contribution in [0.5, 0.6) is 0 Å². The molecule has 2 atom stereocenters. The summed E-state index contributed by atoms with van der Waals surface area (Å²) in [6.45, 7) is 0.538. The maximum absolute atomic E-state index is 13.6. The van der Waals surface area contributed by atoms with Crippen LogP contribution in [-0.2, 0) is 23.7 Å². The van der Waals surface area contributed by atoms with Gasteiger partial charge in [0.05, 0.1) is 46.4 Å². The highest BCUT2D eigenvalue weighted by Gasteiger charge is 2.44. The zero-order chi connectivity index (χ0) is 29.0. The van der Waals surface area contributed by atoms with Crippen LogP contribution >= 0.6 is 11.8 Å². The van der Waals surface area contributed by atoms with E-state index in [9.17, 15) is 41.0 Å². The van der Waals surface area contributed by atoms with Gasteiger partial charge in [-0.2, -0.15) is 31.4 Å². The van der Waals surface area contributed by atoms with Crippen LogP contribution < -0.4 is 0 Å². The highest BCUT2D eigenvalue weighted by atomic mass is 32.2. The molecule has 40 heavy (non-hydrogen) atoms. The molecule has 3 heterocycles. The summed E-state index contributed by atoms with van der Waals surface area (Å²) in [6.07, 6.45) is -7.43. The maximum Gasteiger partial charge on any atom is 0.416 e. The smallest absolute Gasteiger partial charge is 0.390 e. The van der Waals surface area contributed by atoms with E-state index in [0.717, 1.165) is 22.7 Å². The summed E-state index contributed by atoms with van der Waals surface area (Å²) >= 11 is 0.759. The second-order valence-corrected chi connectivity index (χ2v) is 10.7. The SMILES string of the molecule is CN1CC[C@@H](N2C(=O)SC(=Cc3ccc4c(cnn4Cc4ccc(C(F)(F)F)cc4C(F)(F)F)c3)C2=O)[C@H](O)C1. The summed E-state index contributed by atoms with van der Waals surface area (Å²) in [5.74, 6) is -0.513. The number of amides is 2. The summed E-state index contributed by atoms with van der Waals surface area (Å²) in [4.78, 5) is 28.8. The number of rotatable bonds is 4. The summed E-state index contributed by atoms with van der Waals surface area (Å²) in [7, 11) is 1.84. The lowest BCUT2D eigenvalue weighted by Crippen LogP contribution is -2.54. The molecule has 0 radical (unpaired) electrons. The molecule has 3 aromatic rings. The number of hydrogen-bond acceptors (Lipinski definition) is 6. The number of carbonyl (C=O) groups is 2. The normalized spacial score (nSPS) is 22.2. The molecule has 0 aliphatic carbocycles. The van der Waals surface area contributed by atoms with E-state index in [1.54, 1.807) is 18.2 Å². The van der Waals surface area contributed by atoms with Crippen LogP contribution in [0.1, 0.15) is 28.7 Å². The Morgan fingerprint density at radius 3 is 2.50 bits per heavy atom. The molecule has 1 aromatic heterocycles. The largest absolute Gasteiger partial charge is 0.416 e. The third-order valence-corrected chi connectivity index (χ3v) is 7.81. The Morgan fingerprint density at radius 1 is 1.07 bits per heavy atom. The van der Waals surface area contributed by atoms with Gasteiger partial charge in [-0.05, 0) is 66.7 Å². The fourth-order valence-electron chi connectivity index (χ4n) is 4.93. The number of imide groups is 1. The number of fused-ring (bicyclic) bond motifs is 1. The molecule has 2 aliphatic rings. The molecule has 7 nitrogen and oxygen atoms in total. The second-order valence-electron chi connectivity index (χ2n) is 9.73. The van der Waals surface area contributed by atoms with Gasteiger partial charge < -0.3 is 10.0 Å². The molecule has 2 saturated heterocycles. The van der Waals surface area contributed by atoms with Crippen LogP contribution in [0, 0.1) is 0 Å². The van der Waals surface area contributed by atoms with Crippen molar-refractivity contribution in [1.29, 1.82) is 0 Å². The monoisotopic (exact) mass is 584 g/mol. The molecule has 5 rings (SSSR count). The predicted octanol–water partition coefficient (Wildman–Crippen LogP) is 5.22. The van der Waals surface area contributed by atoms with E-state index in [4.69, 9.17) is 0 Å². The molecule has 0 bridgehead atoms. The first-order valence-corrected chi connectivity index (χ1v) is 12.9. The Balaban J connectivity index is 1.39. The van der Waals surface area contributed by atoms with Gasteiger partial charge in [0, 0.05) is 18.5 Å². The molecule has 2 fully saturated rings. The Labute approximate surface area is 228 Å². The standard InChI is InChI=1S/C26H22F6N4O3S/c1-34-7-6-20(21(37)13-34)36-23(38)22(40-24(36)39)9-14-2-5-19-16(8-14)11-33-35(19)12-15-3-4-17(25(27,28)29)10-18(15)26(30,31)32/h2-5,8-11,20-21,37H,6-7,12-13H2,1H3/t20-,21-/m1/s1. The van der Waals surface area contributed by atoms with Gasteiger partial charge in [-0.15, -0.1) is 0 Å². The number of aromatic nitrogens is 2. The first-order valence-electron chi connectivity index (χ1n) is 12.1. The molecular formula is C26H22F6N4O3S. The number of likely N-dealkylation sites (N-methyl/N-ethyl adjacent to an activating group) is 1. The minimum Gasteiger partial charge on any atom is -0.390 e. The lowest BCUT2D eigenvalue weighted by atomic mass is 10.0. The maximum atomic E-state index is 13.6. The van der Waals surface area contributed by atoms with Gasteiger partial charge >= 0.3 is 12.4 Å². The number of thioether (sulfide) groups is 1. The lowest BCUT2D eigenvalue weighted by Gasteiger charge is -2.37. The predicted molar refractivity (Wildman–Crippen MR) is 135 cm³/mol. The van der Waals surface area contributed by atoms with Crippen LogP contribution in [0.25, 0.3) is 17.0 Å². The van der Waals surface area contributed by atoms with Gasteiger partial charge in [0.1, 0.15) is 0 Å². The van der Waals surface area contributed by atoms with Crippen LogP contribution in [0.3, 0.4) is 0 Å². The third kappa shape index (κ3) is 5.47. The van der Waals surface area contributed by atoms with E-state index in [0.29, 0.717) is 42.0 Å². The molecule has 2 aliphatic heterocycles. The number of benzene rings is 2. The molecule has 1 N–H and O–H groups in total. The number of piperidine rings is 1. The van der Waals surface area contributed by atoms with Gasteiger partial charge in [-0.1, -0.05) is 12.1 Å². The number of hydrogen-bond donors (Lipinski definition) is 1. The Hall–Kier alpha value is -3.36. The van der Waals surface area contributed by atoms with E-state index in [1.807, 2.05) is 11.9 Å². The molecule has 0 spiro atoms. The average Bonchev–Trinajstić information content (AvgIpc) is 3.37. The van der Waals surface area contributed by atoms with Gasteiger partial charge in [0.15, 0.2) is 0 Å². The van der Waals surface area contributed by atoms with Gasteiger partial charge in [-0.3, -0.25) is 19.2 Å². The Bertz CT molecular complexity index is 1520. The number of nitrogens with zero attached hydrogens (tertiary/aromatic N) is 4. The summed E-state index contributed by atoms with van der Waals surface area (Å²) in [5, 5.41) is 14.6. The zero-order valence-electron chi connectivity index (χ0n) is 20.8. The van der Waals surface area contributed by atoms with Crippen molar-refractivity contribution in [3.63, 3.8) is 0 Å². The van der Waals surface area contributed by atoms with E-state index in [1.165, 1.54) is 17.0 Å². The van der Waals surface area contributed by atoms with Crippen molar-refractivity contribution in [2.75, 3.05) is 20.1 Å². The van der Waals surface area contributed by atoms with Crippen LogP contribution in [0.15, 0.2) is 47.5 Å². The van der Waals surface area contributed by atoms with Crippen molar-refractivity contribution >= 4 is 39.9 Å². The fraction of sp³-hybridized carbons (Fsp3) is 0.346. The van der Waals surface area contributed by atoms with E-state index in [2.05, 4.69) is 5.10 Å². The Kier molecular flexibility index (Phi) is 7.21. The first kappa shape index (κ1) is 28.2. The molecule has 212 valence electrons. The van der Waals surface area contributed by atoms with Gasteiger partial charge in [-0.25, -0.2) is 0 Å². The number of carbonyl (C=O) groups excluding carboxylic acids is 2. The third-order valence-electron chi connectivity index (χ3n) is 6.93. The number of β-amino-alcohol motifs (C(OH)–C–C–N with tert-alkyl or cyclic N) is 1. The van der Waals surface area contributed by atoms with Crippen molar-refractivity contribution in [1.82, 2.24) is 19.6 Å². The number of alkyl halides is 6. The quantitative estimate of drug-likeness (QED) is 0.335. The number of likely N-dealkylation sites (tertiary alicyclic amines) is 1. The van der Waals surface area contributed by atoms with Crippen molar-refractivity contribution in [2.24, 2.45) is 0 Å². The summed E-state index contributed by atoms with van der Waals surface area (Å²) in [6, 6.07) is 5.66. The highest BCUT2D eigenvalue weighted by molar-refractivity contribution is 8.18. The number of halogens is 6. The van der Waals surface area contributed by atoms with E-state index in [-0.39, 0.29) is 16.5 Å². The molecule has 0 saturated carbocycles. The second kappa shape index (κ2) is 10.2. The lowest BCUT2D eigenvalue weighted by molar-refractivity contribution is -0.143. The van der Waals surface area contributed by atoms with Crippen molar-refractivity contribution in [2.45, 2.75) is 37.5 Å². The molecular weight excluding hydrogens is 562 g/mol. The minimum atomic E-state index is -5.00. The summed E-state index contributed by atoms with van der Waals surface area (Å²) < 4.78 is 81.0. The highest BCUT2D eigenvalue weighted by Crippen LogP contribution is 2.38. The van der Waals surface area contributed by atoms with E-state index < -0.39 is 53.3 Å². The molecule has 2 amide bonds. The van der Waals surface area contributed by atoms with Crippen LogP contribution in [0.2, 0.25) is 0 Å². The minimum absolute atomic E-state index is 0.0940. The van der Waals surface area contributed by atoms with Crippen LogP contribution in [-0.4, -0.2) is 68.1 Å². The average molecular weight is 585 g/mol. The zero-order valence-corrected chi connectivity index (χ0v) is 21.6. The van der Waals surface area contributed by atoms with Gasteiger partial charge in [0.2, 0.25) is 0 Å². The van der Waals surface area contributed by atoms with Gasteiger partial charge in [0.25, 0.3) is 11.1 Å². The molecule has 0 unspecified atom stereocenters. The Morgan fingerprint density at radius 2 is 1.82 bits per heavy atom. The first-order chi connectivity index (χ1) is 18.7. The number of aliphatic hydroxyl groups is 1. The van der Waals surface area contributed by atoms with Crippen LogP contribution in [0.4, 0.5) is 31.1 Å². The van der Waals surface area contributed by atoms with E-state index >= 15 is 0 Å². The molecule has 14 heteroatoms. The van der Waals surface area contributed by atoms with Crippen molar-refractivity contribution < 1.29 is 41.0 Å². The number of aliphatic hydroxyl groups excluding tert-OH is 1. The van der Waals surface area contributed by atoms with Crippen molar-refractivity contribution in [3.05, 3.63) is 69.8 Å². The van der Waals surface area contributed by atoms with Crippen molar-refractivity contribution in [3.8, 4) is 0 Å². The topological polar surface area (TPSA) is 78.7 Å². The molecule has 2 aromatic carbocycles.